The second-order valence-electron chi connectivity index (χ2n) is 25.3. The first-order valence-electron chi connectivity index (χ1n) is 24.3. The molecule has 4 heterocycles. The van der Waals surface area contributed by atoms with E-state index in [4.69, 9.17) is 4.42 Å². The lowest BCUT2D eigenvalue weighted by molar-refractivity contribution is 0.332. The fourth-order valence-electron chi connectivity index (χ4n) is 12.7. The van der Waals surface area contributed by atoms with Gasteiger partial charge in [0.1, 0.15) is 11.2 Å². The highest BCUT2D eigenvalue weighted by Crippen LogP contribution is 2.61. The van der Waals surface area contributed by atoms with Gasteiger partial charge in [-0.2, -0.15) is 0 Å². The topological polar surface area (TPSA) is 21.3 Å². The zero-order chi connectivity index (χ0) is 45.9. The van der Waals surface area contributed by atoms with Crippen LogP contribution in [0.1, 0.15) is 156 Å². The lowest BCUT2D eigenvalue weighted by atomic mass is 9.45. The zero-order valence-corrected chi connectivity index (χ0v) is 41.5. The number of hydrogen-bond donors (Lipinski definition) is 0. The van der Waals surface area contributed by atoms with Crippen molar-refractivity contribution in [1.29, 1.82) is 0 Å². The van der Waals surface area contributed by atoms with Gasteiger partial charge in [-0.25, -0.2) is 0 Å². The van der Waals surface area contributed by atoms with E-state index < -0.39 is 0 Å². The van der Waals surface area contributed by atoms with Crippen molar-refractivity contribution in [2.24, 2.45) is 0 Å². The van der Waals surface area contributed by atoms with Gasteiger partial charge in [-0.15, -0.1) is 0 Å². The third-order valence-electron chi connectivity index (χ3n) is 16.7. The molecule has 8 aromatic rings. The van der Waals surface area contributed by atoms with Crippen LogP contribution in [-0.2, 0) is 32.5 Å². The molecule has 6 aromatic carbocycles. The summed E-state index contributed by atoms with van der Waals surface area (Å²) in [5, 5.41) is 3.91. The van der Waals surface area contributed by atoms with Crippen LogP contribution >= 0.6 is 0 Å². The Morgan fingerprint density at radius 2 is 1.15 bits per heavy atom. The van der Waals surface area contributed by atoms with Crippen molar-refractivity contribution in [2.45, 2.75) is 149 Å². The van der Waals surface area contributed by atoms with Crippen molar-refractivity contribution >= 4 is 62.1 Å². The quantitative estimate of drug-likeness (QED) is 0.153. The molecule has 4 aliphatic rings. The van der Waals surface area contributed by atoms with E-state index in [1.165, 1.54) is 111 Å². The number of aromatic nitrogens is 1. The highest BCUT2D eigenvalue weighted by Gasteiger charge is 2.53. The largest absolute Gasteiger partial charge is 0.466 e. The summed E-state index contributed by atoms with van der Waals surface area (Å²) in [7, 11) is 0. The fourth-order valence-corrected chi connectivity index (χ4v) is 12.7. The summed E-state index contributed by atoms with van der Waals surface area (Å²) in [6.45, 7) is 35.7. The Kier molecular flexibility index (Phi) is 7.88. The second kappa shape index (κ2) is 12.5. The summed E-state index contributed by atoms with van der Waals surface area (Å²) in [6, 6.07) is 38.5. The maximum Gasteiger partial charge on any atom is 0.375 e. The fraction of sp³-hybridized carbons (Fsp3) is 0.377. The summed E-state index contributed by atoms with van der Waals surface area (Å²) >= 11 is 0. The van der Waals surface area contributed by atoms with E-state index >= 15 is 0 Å². The molecule has 0 saturated heterocycles. The van der Waals surface area contributed by atoms with E-state index in [9.17, 15) is 0 Å². The molecular formula is C61H65BN2O. The summed E-state index contributed by atoms with van der Waals surface area (Å²) in [6.07, 6.45) is 2.32. The molecule has 3 nitrogen and oxygen atoms in total. The van der Waals surface area contributed by atoms with Crippen LogP contribution in [0.15, 0.2) is 101 Å². The van der Waals surface area contributed by atoms with Crippen LogP contribution in [0.5, 0.6) is 0 Å². The third kappa shape index (κ3) is 5.37. The molecule has 328 valence electrons. The molecule has 0 N–H and O–H groups in total. The Bertz CT molecular complexity index is 3400. The summed E-state index contributed by atoms with van der Waals surface area (Å²) in [4.78, 5) is 2.70. The minimum absolute atomic E-state index is 0.0229. The van der Waals surface area contributed by atoms with Gasteiger partial charge in [0, 0.05) is 38.5 Å². The summed E-state index contributed by atoms with van der Waals surface area (Å²) in [5.41, 5.74) is 24.7. The lowest BCUT2D eigenvalue weighted by Gasteiger charge is -2.46. The molecule has 12 rings (SSSR count). The van der Waals surface area contributed by atoms with Crippen molar-refractivity contribution in [3.63, 3.8) is 0 Å². The minimum atomic E-state index is -0.249. The molecule has 0 saturated carbocycles. The van der Waals surface area contributed by atoms with Crippen LogP contribution in [0.2, 0.25) is 0 Å². The van der Waals surface area contributed by atoms with Crippen molar-refractivity contribution in [2.75, 3.05) is 4.81 Å². The van der Waals surface area contributed by atoms with Gasteiger partial charge < -0.3 is 13.8 Å². The van der Waals surface area contributed by atoms with Crippen LogP contribution in [-0.4, -0.2) is 11.4 Å². The Hall–Kier alpha value is -5.48. The van der Waals surface area contributed by atoms with Crippen LogP contribution < -0.4 is 15.9 Å². The molecule has 2 aliphatic carbocycles. The maximum atomic E-state index is 7.53. The van der Waals surface area contributed by atoms with Crippen LogP contribution in [0.25, 0.3) is 60.7 Å². The average Bonchev–Trinajstić information content (AvgIpc) is 3.86. The monoisotopic (exact) mass is 853 g/mol. The zero-order valence-electron chi connectivity index (χ0n) is 41.5. The second-order valence-corrected chi connectivity index (χ2v) is 25.3. The minimum Gasteiger partial charge on any atom is -0.466 e. The smallest absolute Gasteiger partial charge is 0.375 e. The predicted molar refractivity (Wildman–Crippen MR) is 279 cm³/mol. The van der Waals surface area contributed by atoms with E-state index in [1.54, 1.807) is 0 Å². The number of rotatable bonds is 1. The molecule has 0 atom stereocenters. The molecule has 2 aliphatic heterocycles. The van der Waals surface area contributed by atoms with Crippen molar-refractivity contribution in [3.8, 4) is 27.9 Å². The summed E-state index contributed by atoms with van der Waals surface area (Å²) in [5.74, 6) is 0. The van der Waals surface area contributed by atoms with Gasteiger partial charge in [0.25, 0.3) is 0 Å². The van der Waals surface area contributed by atoms with E-state index in [0.717, 1.165) is 24.1 Å². The molecule has 0 fully saturated rings. The van der Waals surface area contributed by atoms with Gasteiger partial charge in [0.05, 0.1) is 16.7 Å². The first-order valence-corrected chi connectivity index (χ1v) is 24.3. The molecule has 0 unspecified atom stereocenters. The number of fused-ring (bicyclic) bond motifs is 16. The standard InChI is InChI=1S/C61H65BN2O/c1-56(2,3)34-20-24-37(25-21-34)64-46-33-44-43(59(10,11)28-29-60(44,12)13)32-40(46)49-48-38-18-16-17-19-42(38)61(14,15)51(48)50-39-30-35(57(4,5)6)22-26-45(39)63-53-41-31-36(58(7,8)9)23-27-47(41)65-55(53)62(64)52(49)54(50)63/h16-27,30-33H,28-29H2,1-15H3. The molecule has 2 aromatic heterocycles. The van der Waals surface area contributed by atoms with E-state index in [0.29, 0.717) is 0 Å². The lowest BCUT2D eigenvalue weighted by Crippen LogP contribution is -2.60. The SMILES string of the molecule is CC(C)(C)c1ccc(N2B3c4oc5ccc(C(C)(C)C)cc5c4-n4c5ccc(C(C)(C)C)cc5c5c6c(c(c3c54)-c3cc4c(cc32)C(C)(C)CCC4(C)C)-c2ccccc2C6(C)C)cc1. The Morgan fingerprint density at radius 3 is 1.80 bits per heavy atom. The third-order valence-corrected chi connectivity index (χ3v) is 16.7. The van der Waals surface area contributed by atoms with E-state index in [1.807, 2.05) is 0 Å². The van der Waals surface area contributed by atoms with Gasteiger partial charge >= 0.3 is 6.85 Å². The van der Waals surface area contributed by atoms with Gasteiger partial charge in [-0.1, -0.05) is 152 Å². The van der Waals surface area contributed by atoms with Crippen LogP contribution in [0.3, 0.4) is 0 Å². The molecule has 0 spiro atoms. The van der Waals surface area contributed by atoms with Crippen molar-refractivity contribution < 1.29 is 4.42 Å². The Balaban J connectivity index is 1.35. The normalized spacial score (nSPS) is 17.6. The molecule has 0 radical (unpaired) electrons. The average molecular weight is 853 g/mol. The predicted octanol–water partition coefficient (Wildman–Crippen LogP) is 15.3. The van der Waals surface area contributed by atoms with Gasteiger partial charge in [-0.05, 0) is 150 Å². The number of nitrogens with zero attached hydrogens (tertiary/aromatic N) is 2. The molecule has 65 heavy (non-hydrogen) atoms. The highest BCUT2D eigenvalue weighted by molar-refractivity contribution is 6.93. The van der Waals surface area contributed by atoms with E-state index in [-0.39, 0.29) is 39.3 Å². The van der Waals surface area contributed by atoms with Gasteiger partial charge in [0.2, 0.25) is 0 Å². The number of furan rings is 1. The number of hydrogen-bond acceptors (Lipinski definition) is 2. The summed E-state index contributed by atoms with van der Waals surface area (Å²) < 4.78 is 10.2. The number of anilines is 2. The first kappa shape index (κ1) is 41.0. The Morgan fingerprint density at radius 1 is 0.569 bits per heavy atom. The number of benzene rings is 6. The molecular weight excluding hydrogens is 787 g/mol. The van der Waals surface area contributed by atoms with Crippen LogP contribution in [0, 0.1) is 0 Å². The Labute approximate surface area is 387 Å². The molecule has 4 heteroatoms. The van der Waals surface area contributed by atoms with E-state index in [2.05, 4.69) is 210 Å². The highest BCUT2D eigenvalue weighted by atomic mass is 16.3. The molecule has 0 bridgehead atoms. The molecule has 0 amide bonds. The van der Waals surface area contributed by atoms with Crippen molar-refractivity contribution in [1.82, 2.24) is 4.57 Å². The maximum absolute atomic E-state index is 7.53. The van der Waals surface area contributed by atoms with Crippen molar-refractivity contribution in [3.05, 3.63) is 136 Å². The van der Waals surface area contributed by atoms with Gasteiger partial charge in [0.15, 0.2) is 0 Å². The van der Waals surface area contributed by atoms with Crippen LogP contribution in [0.4, 0.5) is 11.4 Å². The van der Waals surface area contributed by atoms with Gasteiger partial charge in [-0.3, -0.25) is 0 Å². The first-order chi connectivity index (χ1) is 30.4.